The number of fused-ring (bicyclic) bond motifs is 1. The number of aromatic nitrogens is 1. The Bertz CT molecular complexity index is 1710. The molecule has 2 N–H and O–H groups in total. The van der Waals surface area contributed by atoms with Gasteiger partial charge in [-0.15, -0.1) is 0 Å². The highest BCUT2D eigenvalue weighted by Crippen LogP contribution is 2.33. The first kappa shape index (κ1) is 28.2. The molecule has 5 rings (SSSR count). The number of methoxy groups -OCH3 is 1. The fraction of sp³-hybridized carbons (Fsp3) is 0.188. The lowest BCUT2D eigenvalue weighted by atomic mass is 10.0. The molecule has 0 bridgehead atoms. The quantitative estimate of drug-likeness (QED) is 0.166. The number of esters is 1. The van der Waals surface area contributed by atoms with Gasteiger partial charge in [0.25, 0.3) is 0 Å². The molecule has 10 nitrogen and oxygen atoms in total. The van der Waals surface area contributed by atoms with Gasteiger partial charge in [-0.3, -0.25) is 9.59 Å². The first-order chi connectivity index (χ1) is 20.3. The smallest absolute Gasteiger partial charge is 0.338 e. The van der Waals surface area contributed by atoms with Crippen molar-refractivity contribution in [1.82, 2.24) is 10.3 Å². The molecule has 2 heterocycles. The molecule has 0 aliphatic rings. The Balaban J connectivity index is 1.26. The minimum atomic E-state index is -0.852. The van der Waals surface area contributed by atoms with Crippen molar-refractivity contribution in [2.45, 2.75) is 26.5 Å². The monoisotopic (exact) mass is 567 g/mol. The van der Waals surface area contributed by atoms with Crippen LogP contribution in [0.3, 0.4) is 0 Å². The van der Waals surface area contributed by atoms with Gasteiger partial charge in [-0.1, -0.05) is 44.2 Å². The van der Waals surface area contributed by atoms with Crippen LogP contribution in [0.5, 0.6) is 5.75 Å². The van der Waals surface area contributed by atoms with E-state index in [1.165, 1.54) is 13.5 Å². The molecule has 0 radical (unpaired) electrons. The first-order valence-corrected chi connectivity index (χ1v) is 13.3. The van der Waals surface area contributed by atoms with E-state index >= 15 is 0 Å². The van der Waals surface area contributed by atoms with Gasteiger partial charge in [0.2, 0.25) is 0 Å². The van der Waals surface area contributed by atoms with Gasteiger partial charge >= 0.3 is 17.8 Å². The fourth-order valence-corrected chi connectivity index (χ4v) is 4.43. The van der Waals surface area contributed by atoms with Crippen molar-refractivity contribution in [2.75, 3.05) is 12.4 Å². The van der Waals surface area contributed by atoms with Crippen LogP contribution in [0.2, 0.25) is 0 Å². The topological polar surface area (TPSA) is 133 Å². The van der Waals surface area contributed by atoms with Gasteiger partial charge in [0, 0.05) is 17.1 Å². The molecule has 0 aliphatic heterocycles. The molecule has 0 aliphatic carbocycles. The maximum Gasteiger partial charge on any atom is 0.338 e. The number of furan rings is 1. The Labute approximate surface area is 241 Å². The molecule has 42 heavy (non-hydrogen) atoms. The molecule has 10 heteroatoms. The molecule has 2 aromatic heterocycles. The van der Waals surface area contributed by atoms with Crippen LogP contribution in [-0.2, 0) is 20.9 Å². The van der Waals surface area contributed by atoms with Gasteiger partial charge in [0.1, 0.15) is 23.7 Å². The van der Waals surface area contributed by atoms with Gasteiger partial charge < -0.3 is 28.9 Å². The molecule has 2 amide bonds. The molecular weight excluding hydrogens is 538 g/mol. The maximum atomic E-state index is 12.9. The molecule has 3 aromatic carbocycles. The van der Waals surface area contributed by atoms with Crippen LogP contribution in [0.15, 0.2) is 94.2 Å². The summed E-state index contributed by atoms with van der Waals surface area (Å²) in [7, 11) is 1.49. The third-order valence-corrected chi connectivity index (χ3v) is 6.61. The maximum absolute atomic E-state index is 12.9. The van der Waals surface area contributed by atoms with E-state index in [9.17, 15) is 14.4 Å². The van der Waals surface area contributed by atoms with Crippen LogP contribution >= 0.6 is 0 Å². The molecule has 1 atom stereocenters. The highest BCUT2D eigenvalue weighted by molar-refractivity contribution is 6.39. The highest BCUT2D eigenvalue weighted by atomic mass is 16.5. The summed E-state index contributed by atoms with van der Waals surface area (Å²) in [5.74, 6) is -0.862. The van der Waals surface area contributed by atoms with Crippen molar-refractivity contribution in [3.63, 3.8) is 0 Å². The largest absolute Gasteiger partial charge is 0.496 e. The number of amides is 2. The molecule has 214 valence electrons. The normalized spacial score (nSPS) is 11.7. The van der Waals surface area contributed by atoms with E-state index in [4.69, 9.17) is 18.3 Å². The van der Waals surface area contributed by atoms with Crippen LogP contribution in [0.1, 0.15) is 41.6 Å². The number of hydrogen-bond donors (Lipinski definition) is 2. The lowest BCUT2D eigenvalue weighted by molar-refractivity contribution is -0.136. The molecule has 0 saturated carbocycles. The second-order valence-corrected chi connectivity index (χ2v) is 9.89. The zero-order chi connectivity index (χ0) is 29.6. The van der Waals surface area contributed by atoms with Gasteiger partial charge in [-0.25, -0.2) is 9.78 Å². The van der Waals surface area contributed by atoms with Crippen molar-refractivity contribution in [1.29, 1.82) is 0 Å². The second-order valence-electron chi connectivity index (χ2n) is 9.89. The third kappa shape index (κ3) is 6.33. The van der Waals surface area contributed by atoms with E-state index < -0.39 is 23.8 Å². The summed E-state index contributed by atoms with van der Waals surface area (Å²) in [6.07, 6.45) is 2.86. The third-order valence-electron chi connectivity index (χ3n) is 6.61. The van der Waals surface area contributed by atoms with Gasteiger partial charge in [-0.05, 0) is 47.9 Å². The Morgan fingerprint density at radius 3 is 2.48 bits per heavy atom. The van der Waals surface area contributed by atoms with Crippen LogP contribution in [0, 0.1) is 5.92 Å². The number of benzene rings is 3. The average Bonchev–Trinajstić information content (AvgIpc) is 3.69. The summed E-state index contributed by atoms with van der Waals surface area (Å²) >= 11 is 0. The molecule has 1 unspecified atom stereocenters. The van der Waals surface area contributed by atoms with Gasteiger partial charge in [0.15, 0.2) is 12.2 Å². The van der Waals surface area contributed by atoms with Crippen molar-refractivity contribution < 1.29 is 32.7 Å². The molecule has 0 saturated heterocycles. The lowest BCUT2D eigenvalue weighted by Crippen LogP contribution is -2.39. The van der Waals surface area contributed by atoms with Crippen molar-refractivity contribution >= 4 is 34.4 Å². The Morgan fingerprint density at radius 1 is 0.952 bits per heavy atom. The average molecular weight is 568 g/mol. The van der Waals surface area contributed by atoms with E-state index in [0.717, 1.165) is 5.56 Å². The predicted octanol–water partition coefficient (Wildman–Crippen LogP) is 5.91. The molecule has 0 spiro atoms. The number of nitrogens with one attached hydrogen (secondary N) is 2. The van der Waals surface area contributed by atoms with Crippen molar-refractivity contribution in [2.24, 2.45) is 5.92 Å². The van der Waals surface area contributed by atoms with E-state index in [1.54, 1.807) is 48.7 Å². The van der Waals surface area contributed by atoms with Crippen LogP contribution < -0.4 is 15.4 Å². The molecule has 5 aromatic rings. The lowest BCUT2D eigenvalue weighted by Gasteiger charge is -2.20. The number of carbonyl (C=O) groups excluding carboxylic acids is 3. The predicted molar refractivity (Wildman–Crippen MR) is 155 cm³/mol. The number of nitrogens with zero attached hydrogens (tertiary/aromatic N) is 1. The zero-order valence-corrected chi connectivity index (χ0v) is 23.2. The Morgan fingerprint density at radius 2 is 1.76 bits per heavy atom. The Kier molecular flexibility index (Phi) is 8.33. The van der Waals surface area contributed by atoms with Crippen LogP contribution in [0.4, 0.5) is 5.69 Å². The van der Waals surface area contributed by atoms with Crippen LogP contribution in [0.25, 0.3) is 22.3 Å². The van der Waals surface area contributed by atoms with E-state index in [1.807, 2.05) is 44.2 Å². The summed E-state index contributed by atoms with van der Waals surface area (Å²) in [6.45, 7) is 3.96. The minimum Gasteiger partial charge on any atom is -0.496 e. The fourth-order valence-electron chi connectivity index (χ4n) is 4.43. The van der Waals surface area contributed by atoms with Gasteiger partial charge in [0.05, 0.1) is 30.5 Å². The number of carbonyl (C=O) groups is 3. The van der Waals surface area contributed by atoms with Crippen LogP contribution in [-0.4, -0.2) is 29.9 Å². The summed E-state index contributed by atoms with van der Waals surface area (Å²) < 4.78 is 22.2. The van der Waals surface area contributed by atoms with E-state index in [-0.39, 0.29) is 12.5 Å². The van der Waals surface area contributed by atoms with Crippen molar-refractivity contribution in [3.8, 4) is 17.1 Å². The van der Waals surface area contributed by atoms with E-state index in [0.29, 0.717) is 45.1 Å². The second kappa shape index (κ2) is 12.4. The van der Waals surface area contributed by atoms with E-state index in [2.05, 4.69) is 15.6 Å². The number of rotatable bonds is 9. The highest BCUT2D eigenvalue weighted by Gasteiger charge is 2.26. The standard InChI is InChI=1S/C32H29N3O7/c1-19(2)29(35-31(37)30(36)34-23-10-11-24(26(15-23)39-3)28-16-33-18-41-28)27-14-22-13-21(9-12-25(22)42-27)32(38)40-17-20-7-5-4-6-8-20/h4-16,18-19,29H,17H2,1-3H3,(H,34,36)(H,35,37). The SMILES string of the molecule is COc1cc(NC(=O)C(=O)NC(c2cc3cc(C(=O)OCc4ccccc4)ccc3o2)C(C)C)ccc1-c1cnco1. The summed E-state index contributed by atoms with van der Waals surface area (Å²) in [5, 5.41) is 6.03. The number of hydrogen-bond acceptors (Lipinski definition) is 8. The number of anilines is 1. The van der Waals surface area contributed by atoms with Crippen molar-refractivity contribution in [3.05, 3.63) is 102 Å². The molecule has 0 fully saturated rings. The van der Waals surface area contributed by atoms with Gasteiger partial charge in [-0.2, -0.15) is 0 Å². The summed E-state index contributed by atoms with van der Waals surface area (Å²) in [6, 6.07) is 20.5. The number of ether oxygens (including phenoxy) is 2. The zero-order valence-electron chi connectivity index (χ0n) is 23.2. The first-order valence-electron chi connectivity index (χ1n) is 13.3. The summed E-state index contributed by atoms with van der Waals surface area (Å²) in [5.41, 5.74) is 2.81. The minimum absolute atomic E-state index is 0.112. The summed E-state index contributed by atoms with van der Waals surface area (Å²) in [4.78, 5) is 42.2. The number of oxazole rings is 1. The molecular formula is C32H29N3O7. The Hall–Kier alpha value is -5.38.